The number of aryl methyl sites for hydroxylation is 2. The van der Waals surface area contributed by atoms with E-state index in [4.69, 9.17) is 0 Å². The molecule has 170 valence electrons. The van der Waals surface area contributed by atoms with Gasteiger partial charge in [-0.2, -0.15) is 10.4 Å². The third-order valence-corrected chi connectivity index (χ3v) is 6.92. The number of carbonyl (C=O) groups is 1. The van der Waals surface area contributed by atoms with E-state index < -0.39 is 15.9 Å². The maximum atomic E-state index is 13.2. The normalized spacial score (nSPS) is 11.1. The molecule has 0 aliphatic carbocycles. The van der Waals surface area contributed by atoms with Crippen LogP contribution in [0.15, 0.2) is 83.8 Å². The molecule has 0 aliphatic rings. The van der Waals surface area contributed by atoms with E-state index in [1.165, 1.54) is 22.9 Å². The molecule has 0 atom stereocenters. The molecule has 0 unspecified atom stereocenters. The van der Waals surface area contributed by atoms with Crippen LogP contribution in [-0.2, 0) is 16.6 Å². The van der Waals surface area contributed by atoms with Crippen LogP contribution in [0.3, 0.4) is 0 Å². The van der Waals surface area contributed by atoms with Crippen molar-refractivity contribution in [3.05, 3.63) is 107 Å². The number of aromatic nitrogens is 2. The van der Waals surface area contributed by atoms with E-state index in [0.29, 0.717) is 16.8 Å². The van der Waals surface area contributed by atoms with Gasteiger partial charge in [0.05, 0.1) is 28.8 Å². The molecule has 0 fully saturated rings. The molecule has 7 nitrogen and oxygen atoms in total. The summed E-state index contributed by atoms with van der Waals surface area (Å²) in [4.78, 5) is 13.2. The molecule has 1 N–H and O–H groups in total. The average Bonchev–Trinajstić information content (AvgIpc) is 3.26. The summed E-state index contributed by atoms with van der Waals surface area (Å²) in [5.74, 6) is -0.803. The van der Waals surface area contributed by atoms with Gasteiger partial charge in [-0.05, 0) is 54.8 Å². The zero-order chi connectivity index (χ0) is 24.3. The van der Waals surface area contributed by atoms with Crippen molar-refractivity contribution in [1.82, 2.24) is 14.5 Å². The first-order chi connectivity index (χ1) is 16.3. The predicted molar refractivity (Wildman–Crippen MR) is 128 cm³/mol. The van der Waals surface area contributed by atoms with Crippen LogP contribution in [0, 0.1) is 25.2 Å². The Morgan fingerprint density at radius 2 is 1.62 bits per heavy atom. The summed E-state index contributed by atoms with van der Waals surface area (Å²) < 4.78 is 29.2. The van der Waals surface area contributed by atoms with Crippen molar-refractivity contribution in [3.63, 3.8) is 0 Å². The zero-order valence-corrected chi connectivity index (χ0v) is 19.5. The summed E-state index contributed by atoms with van der Waals surface area (Å²) in [5.41, 5.74) is 4.48. The van der Waals surface area contributed by atoms with Gasteiger partial charge in [0.25, 0.3) is 15.9 Å². The highest BCUT2D eigenvalue weighted by molar-refractivity contribution is 7.90. The van der Waals surface area contributed by atoms with Crippen molar-refractivity contribution in [2.24, 2.45) is 0 Å². The number of carbonyl (C=O) groups excluding carboxylic acids is 1. The van der Waals surface area contributed by atoms with Gasteiger partial charge in [0.1, 0.15) is 5.69 Å². The number of rotatable bonds is 6. The maximum absolute atomic E-state index is 13.2. The largest absolute Gasteiger partial charge is 0.283 e. The molecule has 0 aliphatic heterocycles. The Balaban J connectivity index is 1.79. The number of benzene rings is 3. The van der Waals surface area contributed by atoms with Gasteiger partial charge >= 0.3 is 0 Å². The van der Waals surface area contributed by atoms with E-state index in [1.54, 1.807) is 42.5 Å². The summed E-state index contributed by atoms with van der Waals surface area (Å²) in [6.45, 7) is 4.20. The molecule has 0 saturated carbocycles. The Kier molecular flexibility index (Phi) is 6.30. The van der Waals surface area contributed by atoms with Crippen LogP contribution in [0.1, 0.15) is 32.7 Å². The number of amides is 1. The minimum absolute atomic E-state index is 0.0146. The van der Waals surface area contributed by atoms with Crippen LogP contribution in [0.4, 0.5) is 0 Å². The highest BCUT2D eigenvalue weighted by atomic mass is 32.2. The summed E-state index contributed by atoms with van der Waals surface area (Å²) in [5, 5.41) is 14.1. The van der Waals surface area contributed by atoms with Crippen molar-refractivity contribution in [2.75, 3.05) is 0 Å². The van der Waals surface area contributed by atoms with Gasteiger partial charge < -0.3 is 0 Å². The lowest BCUT2D eigenvalue weighted by Gasteiger charge is -2.13. The van der Waals surface area contributed by atoms with Crippen LogP contribution >= 0.6 is 0 Å². The van der Waals surface area contributed by atoms with Crippen molar-refractivity contribution in [2.45, 2.75) is 25.3 Å². The van der Waals surface area contributed by atoms with Crippen LogP contribution < -0.4 is 4.72 Å². The van der Waals surface area contributed by atoms with E-state index in [0.717, 1.165) is 16.7 Å². The van der Waals surface area contributed by atoms with Crippen LogP contribution in [0.25, 0.3) is 11.3 Å². The minimum atomic E-state index is -4.07. The molecule has 34 heavy (non-hydrogen) atoms. The molecule has 4 rings (SSSR count). The van der Waals surface area contributed by atoms with E-state index in [1.807, 2.05) is 32.0 Å². The Hall–Kier alpha value is -4.22. The maximum Gasteiger partial charge on any atom is 0.283 e. The molecule has 1 heterocycles. The molecular weight excluding hydrogens is 448 g/mol. The molecule has 1 amide bonds. The van der Waals surface area contributed by atoms with Crippen LogP contribution in [-0.4, -0.2) is 24.1 Å². The summed E-state index contributed by atoms with van der Waals surface area (Å²) in [6.07, 6.45) is 0. The zero-order valence-electron chi connectivity index (χ0n) is 18.7. The second-order valence-corrected chi connectivity index (χ2v) is 9.53. The average molecular weight is 471 g/mol. The topological polar surface area (TPSA) is 105 Å². The standard InChI is InChI=1S/C26H22N4O3S/c1-18-9-8-10-19(2)23(18)17-30-25(15-24(28-30)22-14-7-6-11-20(22)16-27)26(31)29-34(32,33)21-12-4-3-5-13-21/h3-15H,17H2,1-2H3,(H,29,31). The van der Waals surface area contributed by atoms with Crippen LogP contribution in [0.2, 0.25) is 0 Å². The third-order valence-electron chi connectivity index (χ3n) is 5.57. The molecule has 0 saturated heterocycles. The number of nitrogens with one attached hydrogen (secondary N) is 1. The monoisotopic (exact) mass is 470 g/mol. The second-order valence-electron chi connectivity index (χ2n) is 7.85. The lowest BCUT2D eigenvalue weighted by molar-refractivity contribution is 0.0971. The summed E-state index contributed by atoms with van der Waals surface area (Å²) >= 11 is 0. The fourth-order valence-electron chi connectivity index (χ4n) is 3.74. The van der Waals surface area contributed by atoms with E-state index in [9.17, 15) is 18.5 Å². The number of nitriles is 1. The number of nitrogens with zero attached hydrogens (tertiary/aromatic N) is 3. The lowest BCUT2D eigenvalue weighted by Crippen LogP contribution is -2.32. The highest BCUT2D eigenvalue weighted by Gasteiger charge is 2.24. The molecule has 8 heteroatoms. The van der Waals surface area contributed by atoms with E-state index in [2.05, 4.69) is 15.9 Å². The van der Waals surface area contributed by atoms with E-state index in [-0.39, 0.29) is 17.1 Å². The molecule has 0 radical (unpaired) electrons. The van der Waals surface area contributed by atoms with E-state index >= 15 is 0 Å². The van der Waals surface area contributed by atoms with Crippen molar-refractivity contribution in [3.8, 4) is 17.3 Å². The van der Waals surface area contributed by atoms with Crippen molar-refractivity contribution in [1.29, 1.82) is 5.26 Å². The van der Waals surface area contributed by atoms with Crippen LogP contribution in [0.5, 0.6) is 0 Å². The van der Waals surface area contributed by atoms with Gasteiger partial charge in [0.15, 0.2) is 0 Å². The predicted octanol–water partition coefficient (Wildman–Crippen LogP) is 4.21. The highest BCUT2D eigenvalue weighted by Crippen LogP contribution is 2.25. The molecule has 4 aromatic rings. The quantitative estimate of drug-likeness (QED) is 0.455. The van der Waals surface area contributed by atoms with Gasteiger partial charge in [-0.15, -0.1) is 0 Å². The Labute approximate surface area is 198 Å². The smallest absolute Gasteiger partial charge is 0.266 e. The lowest BCUT2D eigenvalue weighted by atomic mass is 10.0. The first-order valence-electron chi connectivity index (χ1n) is 10.5. The fraction of sp³-hybridized carbons (Fsp3) is 0.115. The molecule has 1 aromatic heterocycles. The number of hydrogen-bond acceptors (Lipinski definition) is 5. The van der Waals surface area contributed by atoms with Gasteiger partial charge in [-0.25, -0.2) is 13.1 Å². The Morgan fingerprint density at radius 1 is 0.971 bits per heavy atom. The number of hydrogen-bond donors (Lipinski definition) is 1. The second kappa shape index (κ2) is 9.33. The minimum Gasteiger partial charge on any atom is -0.266 e. The first-order valence-corrected chi connectivity index (χ1v) is 12.0. The molecule has 3 aromatic carbocycles. The van der Waals surface area contributed by atoms with Gasteiger partial charge in [-0.1, -0.05) is 54.6 Å². The van der Waals surface area contributed by atoms with Crippen molar-refractivity contribution < 1.29 is 13.2 Å². The number of sulfonamides is 1. The van der Waals surface area contributed by atoms with Gasteiger partial charge in [0.2, 0.25) is 0 Å². The van der Waals surface area contributed by atoms with Crippen molar-refractivity contribution >= 4 is 15.9 Å². The Bertz CT molecular complexity index is 1500. The summed E-state index contributed by atoms with van der Waals surface area (Å²) in [7, 11) is -4.07. The fourth-order valence-corrected chi connectivity index (χ4v) is 4.72. The molecule has 0 bridgehead atoms. The van der Waals surface area contributed by atoms with Gasteiger partial charge in [0, 0.05) is 5.56 Å². The van der Waals surface area contributed by atoms with Gasteiger partial charge in [-0.3, -0.25) is 9.48 Å². The first kappa shape index (κ1) is 23.0. The third kappa shape index (κ3) is 4.60. The SMILES string of the molecule is Cc1cccc(C)c1Cn1nc(-c2ccccc2C#N)cc1C(=O)NS(=O)(=O)c1ccccc1. The summed E-state index contributed by atoms with van der Waals surface area (Å²) in [6, 6.07) is 24.2. The Morgan fingerprint density at radius 3 is 2.29 bits per heavy atom. The molecule has 0 spiro atoms. The molecular formula is C26H22N4O3S.